The maximum absolute atomic E-state index is 6.24. The fraction of sp³-hybridized carbons (Fsp3) is 0.269. The molecule has 0 aliphatic heterocycles. The molecule has 0 radical (unpaired) electrons. The van der Waals surface area contributed by atoms with Gasteiger partial charge in [-0.2, -0.15) is 4.68 Å². The monoisotopic (exact) mass is 509 g/mol. The lowest BCUT2D eigenvalue weighted by Gasteiger charge is -2.14. The number of nitrogens with zero attached hydrogens (tertiary/aromatic N) is 4. The third-order valence-corrected chi connectivity index (χ3v) is 6.52. The summed E-state index contributed by atoms with van der Waals surface area (Å²) < 4.78 is 13.6. The van der Waals surface area contributed by atoms with Crippen molar-refractivity contribution in [1.29, 1.82) is 0 Å². The molecule has 0 saturated carbocycles. The lowest BCUT2D eigenvalue weighted by atomic mass is 10.2. The second kappa shape index (κ2) is 13.1. The van der Waals surface area contributed by atoms with Crippen LogP contribution >= 0.6 is 23.4 Å². The molecule has 182 valence electrons. The third kappa shape index (κ3) is 7.21. The molecule has 0 aliphatic carbocycles. The molecule has 0 unspecified atom stereocenters. The molecule has 4 aromatic rings. The van der Waals surface area contributed by atoms with E-state index in [-0.39, 0.29) is 0 Å². The average Bonchev–Trinajstić information content (AvgIpc) is 3.36. The molecular formula is C26H28ClN5O2S. The highest BCUT2D eigenvalue weighted by Crippen LogP contribution is 2.30. The number of thioether (sulfide) groups is 1. The Labute approximate surface area is 214 Å². The second-order valence-electron chi connectivity index (χ2n) is 7.68. The quantitative estimate of drug-likeness (QED) is 0.187. The fourth-order valence-electron chi connectivity index (χ4n) is 3.41. The van der Waals surface area contributed by atoms with Gasteiger partial charge in [0.25, 0.3) is 0 Å². The minimum absolute atomic E-state index is 0.391. The van der Waals surface area contributed by atoms with E-state index in [0.717, 1.165) is 53.0 Å². The molecule has 4 rings (SSSR count). The van der Waals surface area contributed by atoms with Gasteiger partial charge in [0.15, 0.2) is 11.5 Å². The number of ether oxygens (including phenoxy) is 2. The van der Waals surface area contributed by atoms with Crippen LogP contribution in [0, 0.1) is 0 Å². The molecular weight excluding hydrogens is 482 g/mol. The first kappa shape index (κ1) is 25.0. The number of hydrogen-bond donors (Lipinski definition) is 1. The number of halogens is 1. The van der Waals surface area contributed by atoms with Crippen LogP contribution in [0.15, 0.2) is 78.0 Å². The molecule has 9 heteroatoms. The van der Waals surface area contributed by atoms with E-state index in [9.17, 15) is 0 Å². The second-order valence-corrected chi connectivity index (χ2v) is 9.15. The number of benzene rings is 3. The minimum Gasteiger partial charge on any atom is -0.490 e. The van der Waals surface area contributed by atoms with Crippen LogP contribution in [0.3, 0.4) is 0 Å². The molecule has 1 heterocycles. The van der Waals surface area contributed by atoms with Crippen molar-refractivity contribution in [2.24, 2.45) is 0 Å². The predicted molar refractivity (Wildman–Crippen MR) is 140 cm³/mol. The summed E-state index contributed by atoms with van der Waals surface area (Å²) in [6.45, 7) is 4.56. The largest absolute Gasteiger partial charge is 0.490 e. The van der Waals surface area contributed by atoms with Crippen molar-refractivity contribution >= 4 is 23.4 Å². The molecule has 1 aromatic heterocycles. The van der Waals surface area contributed by atoms with Crippen molar-refractivity contribution in [1.82, 2.24) is 25.5 Å². The molecule has 0 fully saturated rings. The Morgan fingerprint density at radius 1 is 0.971 bits per heavy atom. The van der Waals surface area contributed by atoms with E-state index < -0.39 is 0 Å². The number of aromatic nitrogens is 4. The summed E-state index contributed by atoms with van der Waals surface area (Å²) in [5.74, 6) is 2.37. The minimum atomic E-state index is 0.391. The summed E-state index contributed by atoms with van der Waals surface area (Å²) >= 11 is 7.89. The molecule has 0 atom stereocenters. The van der Waals surface area contributed by atoms with E-state index in [1.54, 1.807) is 16.4 Å². The zero-order valence-electron chi connectivity index (χ0n) is 19.6. The molecule has 7 nitrogen and oxygen atoms in total. The first-order valence-corrected chi connectivity index (χ1v) is 12.9. The van der Waals surface area contributed by atoms with Gasteiger partial charge in [-0.05, 0) is 66.2 Å². The topological polar surface area (TPSA) is 74.1 Å². The third-order valence-electron chi connectivity index (χ3n) is 5.15. The predicted octanol–water partition coefficient (Wildman–Crippen LogP) is 5.57. The first-order valence-electron chi connectivity index (χ1n) is 11.5. The summed E-state index contributed by atoms with van der Waals surface area (Å²) in [5, 5.41) is 17.0. The van der Waals surface area contributed by atoms with Crippen LogP contribution < -0.4 is 14.8 Å². The average molecular weight is 510 g/mol. The van der Waals surface area contributed by atoms with Gasteiger partial charge in [0, 0.05) is 22.9 Å². The van der Waals surface area contributed by atoms with Gasteiger partial charge in [0.2, 0.25) is 5.16 Å². The molecule has 0 amide bonds. The Morgan fingerprint density at radius 3 is 2.63 bits per heavy atom. The molecule has 1 N–H and O–H groups in total. The van der Waals surface area contributed by atoms with Gasteiger partial charge >= 0.3 is 0 Å². The Balaban J connectivity index is 1.23. The molecule has 35 heavy (non-hydrogen) atoms. The van der Waals surface area contributed by atoms with E-state index in [1.165, 1.54) is 0 Å². The summed E-state index contributed by atoms with van der Waals surface area (Å²) in [6.07, 6.45) is 0.990. The molecule has 0 spiro atoms. The summed E-state index contributed by atoms with van der Waals surface area (Å²) in [7, 11) is 0. The van der Waals surface area contributed by atoms with E-state index in [2.05, 4.69) is 26.9 Å². The lowest BCUT2D eigenvalue weighted by Crippen LogP contribution is -2.15. The maximum Gasteiger partial charge on any atom is 0.214 e. The van der Waals surface area contributed by atoms with E-state index in [1.807, 2.05) is 73.7 Å². The summed E-state index contributed by atoms with van der Waals surface area (Å²) in [4.78, 5) is 0. The van der Waals surface area contributed by atoms with Gasteiger partial charge in [-0.25, -0.2) is 0 Å². The fourth-order valence-corrected chi connectivity index (χ4v) is 4.43. The standard InChI is InChI=1S/C26H28ClN5O2S/c1-2-33-25-17-20(13-14-24(25)34-19-21-9-6-7-12-23(21)27)18-28-15-8-16-35-26-29-30-31-32(26)22-10-4-3-5-11-22/h3-7,9-14,17,28H,2,8,15-16,18-19H2,1H3. The van der Waals surface area contributed by atoms with Crippen molar-refractivity contribution in [3.8, 4) is 17.2 Å². The van der Waals surface area contributed by atoms with Crippen LogP contribution in [0.4, 0.5) is 0 Å². The van der Waals surface area contributed by atoms with Crippen molar-refractivity contribution in [2.75, 3.05) is 18.9 Å². The maximum atomic E-state index is 6.24. The SMILES string of the molecule is CCOc1cc(CNCCCSc2nnnn2-c2ccccc2)ccc1OCc1ccccc1Cl. The van der Waals surface area contributed by atoms with E-state index in [4.69, 9.17) is 21.1 Å². The summed E-state index contributed by atoms with van der Waals surface area (Å²) in [5.41, 5.74) is 3.04. The Bertz CT molecular complexity index is 1210. The van der Waals surface area contributed by atoms with Gasteiger partial charge < -0.3 is 14.8 Å². The summed E-state index contributed by atoms with van der Waals surface area (Å²) in [6, 6.07) is 23.6. The zero-order chi connectivity index (χ0) is 24.3. The van der Waals surface area contributed by atoms with Crippen molar-refractivity contribution < 1.29 is 9.47 Å². The number of hydrogen-bond acceptors (Lipinski definition) is 7. The van der Waals surface area contributed by atoms with E-state index >= 15 is 0 Å². The first-order chi connectivity index (χ1) is 17.2. The lowest BCUT2D eigenvalue weighted by molar-refractivity contribution is 0.269. The van der Waals surface area contributed by atoms with Crippen molar-refractivity contribution in [2.45, 2.75) is 31.7 Å². The normalized spacial score (nSPS) is 10.9. The molecule has 3 aromatic carbocycles. The van der Waals surface area contributed by atoms with Gasteiger partial charge in [-0.15, -0.1) is 5.10 Å². The zero-order valence-corrected chi connectivity index (χ0v) is 21.1. The highest BCUT2D eigenvalue weighted by molar-refractivity contribution is 7.99. The van der Waals surface area contributed by atoms with Crippen LogP contribution in [0.25, 0.3) is 5.69 Å². The Kier molecular flexibility index (Phi) is 9.39. The van der Waals surface area contributed by atoms with Crippen LogP contribution in [-0.4, -0.2) is 39.1 Å². The van der Waals surface area contributed by atoms with Gasteiger partial charge in [-0.1, -0.05) is 65.8 Å². The smallest absolute Gasteiger partial charge is 0.214 e. The number of para-hydroxylation sites is 1. The Hall–Kier alpha value is -3.07. The van der Waals surface area contributed by atoms with Gasteiger partial charge in [0.05, 0.1) is 12.3 Å². The van der Waals surface area contributed by atoms with Crippen LogP contribution in [-0.2, 0) is 13.2 Å². The number of tetrazole rings is 1. The van der Waals surface area contributed by atoms with E-state index in [0.29, 0.717) is 24.0 Å². The van der Waals surface area contributed by atoms with Gasteiger partial charge in [-0.3, -0.25) is 0 Å². The van der Waals surface area contributed by atoms with Crippen molar-refractivity contribution in [3.05, 3.63) is 88.9 Å². The number of nitrogens with one attached hydrogen (secondary N) is 1. The van der Waals surface area contributed by atoms with Gasteiger partial charge in [0.1, 0.15) is 6.61 Å². The molecule has 0 bridgehead atoms. The van der Waals surface area contributed by atoms with Crippen LogP contribution in [0.2, 0.25) is 5.02 Å². The number of rotatable bonds is 13. The van der Waals surface area contributed by atoms with Crippen LogP contribution in [0.1, 0.15) is 24.5 Å². The highest BCUT2D eigenvalue weighted by Gasteiger charge is 2.10. The Morgan fingerprint density at radius 2 is 1.80 bits per heavy atom. The molecule has 0 saturated heterocycles. The highest BCUT2D eigenvalue weighted by atomic mass is 35.5. The van der Waals surface area contributed by atoms with Crippen molar-refractivity contribution in [3.63, 3.8) is 0 Å². The van der Waals surface area contributed by atoms with Crippen LogP contribution in [0.5, 0.6) is 11.5 Å². The molecule has 0 aliphatic rings.